The highest BCUT2D eigenvalue weighted by molar-refractivity contribution is 6.60. The van der Waals surface area contributed by atoms with Gasteiger partial charge in [0.25, 0.3) is 0 Å². The molecule has 25 heavy (non-hydrogen) atoms. The number of benzene rings is 2. The first-order valence-electron chi connectivity index (χ1n) is 8.48. The van der Waals surface area contributed by atoms with Gasteiger partial charge in [-0.25, -0.2) is 0 Å². The molecule has 0 spiro atoms. The fourth-order valence-electron chi connectivity index (χ4n) is 3.21. The topological polar surface area (TPSA) is 53.7 Å². The summed E-state index contributed by atoms with van der Waals surface area (Å²) in [5.41, 5.74) is 10.9. The van der Waals surface area contributed by atoms with Crippen LogP contribution < -0.4 is 5.73 Å². The molecule has 0 amide bonds. The van der Waals surface area contributed by atoms with E-state index >= 15 is 0 Å². The number of rotatable bonds is 8. The second-order valence-corrected chi connectivity index (χ2v) is 9.60. The predicted molar refractivity (Wildman–Crippen MR) is 104 cm³/mol. The molecule has 0 aromatic heterocycles. The molecule has 0 aliphatic carbocycles. The number of aryl methyl sites for hydroxylation is 2. The minimum absolute atomic E-state index is 0.633. The summed E-state index contributed by atoms with van der Waals surface area (Å²) in [6, 6.07) is 17.4. The van der Waals surface area contributed by atoms with E-state index < -0.39 is 14.3 Å². The molecule has 5 heteroatoms. The molecule has 0 heterocycles. The van der Waals surface area contributed by atoms with Gasteiger partial charge in [-0.3, -0.25) is 0 Å². The van der Waals surface area contributed by atoms with Crippen molar-refractivity contribution in [2.24, 2.45) is 5.73 Å². The molecule has 4 nitrogen and oxygen atoms in total. The molecule has 0 bridgehead atoms. The van der Waals surface area contributed by atoms with Gasteiger partial charge in [0.05, 0.1) is 5.54 Å². The number of hydrogen-bond donors (Lipinski definition) is 1. The van der Waals surface area contributed by atoms with E-state index in [1.165, 1.54) is 11.1 Å². The van der Waals surface area contributed by atoms with Gasteiger partial charge in [-0.15, -0.1) is 0 Å². The Labute approximate surface area is 152 Å². The molecular formula is C20H29NO3Si. The maximum atomic E-state index is 7.01. The zero-order valence-corrected chi connectivity index (χ0v) is 16.8. The second kappa shape index (κ2) is 8.25. The number of nitrogens with two attached hydrogens (primary N) is 1. The van der Waals surface area contributed by atoms with Gasteiger partial charge >= 0.3 is 8.80 Å². The van der Waals surface area contributed by atoms with Gasteiger partial charge in [0, 0.05) is 27.4 Å². The first kappa shape index (κ1) is 19.8. The van der Waals surface area contributed by atoms with Crippen molar-refractivity contribution in [1.29, 1.82) is 0 Å². The molecule has 0 saturated carbocycles. The van der Waals surface area contributed by atoms with Crippen molar-refractivity contribution in [2.45, 2.75) is 31.9 Å². The summed E-state index contributed by atoms with van der Waals surface area (Å²) in [6.45, 7) is 4.16. The van der Waals surface area contributed by atoms with E-state index in [1.807, 2.05) is 0 Å². The molecule has 2 N–H and O–H groups in total. The summed E-state index contributed by atoms with van der Waals surface area (Å²) in [6.07, 6.45) is 0.668. The first-order valence-corrected chi connectivity index (χ1v) is 10.4. The minimum atomic E-state index is -2.70. The van der Waals surface area contributed by atoms with Crippen LogP contribution in [0.5, 0.6) is 0 Å². The van der Waals surface area contributed by atoms with Crippen LogP contribution in [-0.4, -0.2) is 30.1 Å². The Morgan fingerprint density at radius 3 is 1.64 bits per heavy atom. The van der Waals surface area contributed by atoms with E-state index in [0.717, 1.165) is 11.1 Å². The largest absolute Gasteiger partial charge is 0.500 e. The lowest BCUT2D eigenvalue weighted by atomic mass is 9.80. The summed E-state index contributed by atoms with van der Waals surface area (Å²) in [4.78, 5) is 0. The highest BCUT2D eigenvalue weighted by Crippen LogP contribution is 2.35. The van der Waals surface area contributed by atoms with Gasteiger partial charge in [-0.2, -0.15) is 0 Å². The fraction of sp³-hybridized carbons (Fsp3) is 0.400. The number of hydrogen-bond acceptors (Lipinski definition) is 4. The van der Waals surface area contributed by atoms with Crippen LogP contribution in [0.15, 0.2) is 48.5 Å². The normalized spacial score (nSPS) is 12.4. The Balaban J connectivity index is 2.46. The smallest absolute Gasteiger partial charge is 0.377 e. The van der Waals surface area contributed by atoms with E-state index in [9.17, 15) is 0 Å². The molecule has 2 aromatic rings. The van der Waals surface area contributed by atoms with Crippen LogP contribution >= 0.6 is 0 Å². The van der Waals surface area contributed by atoms with E-state index in [0.29, 0.717) is 12.5 Å². The lowest BCUT2D eigenvalue weighted by Gasteiger charge is -2.34. The average molecular weight is 360 g/mol. The quantitative estimate of drug-likeness (QED) is 0.729. The van der Waals surface area contributed by atoms with Crippen molar-refractivity contribution in [3.63, 3.8) is 0 Å². The Kier molecular flexibility index (Phi) is 6.54. The summed E-state index contributed by atoms with van der Waals surface area (Å²) in [5, 5.41) is 0. The molecule has 0 fully saturated rings. The summed E-state index contributed by atoms with van der Waals surface area (Å²) < 4.78 is 16.8. The maximum Gasteiger partial charge on any atom is 0.500 e. The molecule has 0 radical (unpaired) electrons. The van der Waals surface area contributed by atoms with Gasteiger partial charge in [-0.1, -0.05) is 59.7 Å². The second-order valence-electron chi connectivity index (χ2n) is 6.51. The van der Waals surface area contributed by atoms with Crippen LogP contribution in [0.4, 0.5) is 0 Å². The highest BCUT2D eigenvalue weighted by atomic mass is 28.4. The third-order valence-electron chi connectivity index (χ3n) is 4.82. The molecule has 0 aliphatic heterocycles. The van der Waals surface area contributed by atoms with Crippen LogP contribution in [-0.2, 0) is 18.8 Å². The van der Waals surface area contributed by atoms with Gasteiger partial charge in [0.1, 0.15) is 0 Å². The van der Waals surface area contributed by atoms with E-state index in [4.69, 9.17) is 19.0 Å². The Bertz CT molecular complexity index is 647. The zero-order chi connectivity index (χ0) is 18.5. The van der Waals surface area contributed by atoms with Crippen LogP contribution in [0, 0.1) is 13.8 Å². The molecule has 2 rings (SSSR count). The summed E-state index contributed by atoms with van der Waals surface area (Å²) >= 11 is 0. The van der Waals surface area contributed by atoms with E-state index in [1.54, 1.807) is 21.3 Å². The van der Waals surface area contributed by atoms with Gasteiger partial charge in [-0.05, 0) is 31.4 Å². The molecule has 0 saturated heterocycles. The zero-order valence-electron chi connectivity index (χ0n) is 15.8. The predicted octanol–water partition coefficient (Wildman–Crippen LogP) is 3.77. The van der Waals surface area contributed by atoms with Gasteiger partial charge < -0.3 is 19.0 Å². The van der Waals surface area contributed by atoms with Crippen LogP contribution in [0.3, 0.4) is 0 Å². The van der Waals surface area contributed by atoms with Crippen molar-refractivity contribution in [3.8, 4) is 0 Å². The maximum absolute atomic E-state index is 7.01. The fourth-order valence-corrected chi connectivity index (χ4v) is 5.02. The van der Waals surface area contributed by atoms with E-state index in [-0.39, 0.29) is 0 Å². The van der Waals surface area contributed by atoms with Crippen LogP contribution in [0.2, 0.25) is 6.04 Å². The molecule has 0 unspecified atom stereocenters. The van der Waals surface area contributed by atoms with Crippen molar-refractivity contribution in [1.82, 2.24) is 0 Å². The summed E-state index contributed by atoms with van der Waals surface area (Å²) in [7, 11) is 2.21. The Hall–Kier alpha value is -1.50. The lowest BCUT2D eigenvalue weighted by molar-refractivity contribution is 0.121. The average Bonchev–Trinajstić information content (AvgIpc) is 2.63. The standard InChI is InChI=1S/C20H29NO3Si/c1-16-8-6-10-18(14-16)20(21,19-11-7-9-17(2)15-19)12-13-25(22-3,23-4)24-5/h6-11,14-15H,12-13,21H2,1-5H3. The van der Waals surface area contributed by atoms with Crippen LogP contribution in [0.1, 0.15) is 28.7 Å². The molecule has 0 aliphatic rings. The molecule has 2 aromatic carbocycles. The lowest BCUT2D eigenvalue weighted by Crippen LogP contribution is -2.46. The third-order valence-corrected chi connectivity index (χ3v) is 7.55. The molecular weight excluding hydrogens is 330 g/mol. The van der Waals surface area contributed by atoms with Gasteiger partial charge in [0.2, 0.25) is 0 Å². The van der Waals surface area contributed by atoms with Crippen molar-refractivity contribution in [3.05, 3.63) is 70.8 Å². The van der Waals surface area contributed by atoms with Crippen LogP contribution in [0.25, 0.3) is 0 Å². The van der Waals surface area contributed by atoms with E-state index in [2.05, 4.69) is 62.4 Å². The van der Waals surface area contributed by atoms with Crippen molar-refractivity contribution < 1.29 is 13.3 Å². The third kappa shape index (κ3) is 4.37. The first-order chi connectivity index (χ1) is 11.9. The summed E-state index contributed by atoms with van der Waals surface area (Å²) in [5.74, 6) is 0. The van der Waals surface area contributed by atoms with Crippen molar-refractivity contribution >= 4 is 8.80 Å². The highest BCUT2D eigenvalue weighted by Gasteiger charge is 2.41. The monoisotopic (exact) mass is 359 g/mol. The Morgan fingerprint density at radius 1 is 0.840 bits per heavy atom. The Morgan fingerprint density at radius 2 is 1.28 bits per heavy atom. The van der Waals surface area contributed by atoms with Gasteiger partial charge in [0.15, 0.2) is 0 Å². The molecule has 136 valence electrons. The SMILES string of the molecule is CO[Si](CCC(N)(c1cccc(C)c1)c1cccc(C)c1)(OC)OC. The minimum Gasteiger partial charge on any atom is -0.377 e. The van der Waals surface area contributed by atoms with Crippen molar-refractivity contribution in [2.75, 3.05) is 21.3 Å². The molecule has 0 atom stereocenters.